The molecule has 0 aromatic carbocycles. The van der Waals surface area contributed by atoms with Crippen LogP contribution in [0.1, 0.15) is 19.3 Å². The molecule has 1 atom stereocenters. The molecule has 1 unspecified atom stereocenters. The lowest BCUT2D eigenvalue weighted by molar-refractivity contribution is 0.144. The molecule has 1 saturated heterocycles. The van der Waals surface area contributed by atoms with Gasteiger partial charge in [0.1, 0.15) is 0 Å². The van der Waals surface area contributed by atoms with E-state index in [0.717, 1.165) is 41.5 Å². The summed E-state index contributed by atoms with van der Waals surface area (Å²) in [6.07, 6.45) is 3.33. The zero-order chi connectivity index (χ0) is 9.80. The lowest BCUT2D eigenvalue weighted by atomic mass is 10.1. The van der Waals surface area contributed by atoms with Crippen molar-refractivity contribution in [1.82, 2.24) is 10.2 Å². The number of hydrogen-bond acceptors (Lipinski definition) is 5. The van der Waals surface area contributed by atoms with Crippen LogP contribution in [0.4, 0.5) is 5.13 Å². The Morgan fingerprint density at radius 2 is 2.29 bits per heavy atom. The molecule has 1 aromatic rings. The SMILES string of the molecule is Brc1nnc(NC2CCCOCC2)s1. The lowest BCUT2D eigenvalue weighted by Crippen LogP contribution is -2.19. The monoisotopic (exact) mass is 277 g/mol. The lowest BCUT2D eigenvalue weighted by Gasteiger charge is -2.13. The van der Waals surface area contributed by atoms with Crippen LogP contribution in [0.15, 0.2) is 3.92 Å². The number of nitrogens with one attached hydrogen (secondary N) is 1. The van der Waals surface area contributed by atoms with Crippen LogP contribution < -0.4 is 5.32 Å². The van der Waals surface area contributed by atoms with E-state index in [1.54, 1.807) is 0 Å². The molecule has 0 amide bonds. The number of ether oxygens (including phenoxy) is 1. The van der Waals surface area contributed by atoms with Crippen molar-refractivity contribution in [3.8, 4) is 0 Å². The Balaban J connectivity index is 1.89. The molecule has 2 heterocycles. The number of halogens is 1. The zero-order valence-corrected chi connectivity index (χ0v) is 10.1. The smallest absolute Gasteiger partial charge is 0.206 e. The Bertz CT molecular complexity index is 286. The highest BCUT2D eigenvalue weighted by Gasteiger charge is 2.13. The van der Waals surface area contributed by atoms with Crippen molar-refractivity contribution in [3.05, 3.63) is 3.92 Å². The minimum Gasteiger partial charge on any atom is -0.381 e. The molecular weight excluding hydrogens is 266 g/mol. The van der Waals surface area contributed by atoms with Crippen LogP contribution in [0, 0.1) is 0 Å². The van der Waals surface area contributed by atoms with Crippen LogP contribution in [0.3, 0.4) is 0 Å². The molecule has 1 aliphatic rings. The fourth-order valence-electron chi connectivity index (χ4n) is 1.49. The van der Waals surface area contributed by atoms with E-state index in [0.29, 0.717) is 6.04 Å². The maximum atomic E-state index is 5.39. The zero-order valence-electron chi connectivity index (χ0n) is 7.70. The van der Waals surface area contributed by atoms with Crippen LogP contribution >= 0.6 is 27.3 Å². The van der Waals surface area contributed by atoms with Crippen molar-refractivity contribution >= 4 is 32.4 Å². The molecule has 0 aliphatic carbocycles. The van der Waals surface area contributed by atoms with E-state index in [9.17, 15) is 0 Å². The Kier molecular flexibility index (Phi) is 3.72. The van der Waals surface area contributed by atoms with Gasteiger partial charge in [0, 0.05) is 19.3 Å². The highest BCUT2D eigenvalue weighted by molar-refractivity contribution is 9.11. The largest absolute Gasteiger partial charge is 0.381 e. The first kappa shape index (κ1) is 10.3. The Labute approximate surface area is 95.2 Å². The van der Waals surface area contributed by atoms with Crippen LogP contribution in [-0.2, 0) is 4.74 Å². The predicted molar refractivity (Wildman–Crippen MR) is 59.7 cm³/mol. The Hall–Kier alpha value is -0.200. The molecule has 6 heteroatoms. The van der Waals surface area contributed by atoms with Gasteiger partial charge < -0.3 is 10.1 Å². The van der Waals surface area contributed by atoms with Gasteiger partial charge in [0.25, 0.3) is 0 Å². The quantitative estimate of drug-likeness (QED) is 0.901. The van der Waals surface area contributed by atoms with E-state index in [2.05, 4.69) is 31.4 Å². The molecule has 0 bridgehead atoms. The van der Waals surface area contributed by atoms with Crippen LogP contribution in [0.25, 0.3) is 0 Å². The van der Waals surface area contributed by atoms with Crippen LogP contribution in [0.5, 0.6) is 0 Å². The summed E-state index contributed by atoms with van der Waals surface area (Å²) in [6, 6.07) is 0.484. The second-order valence-corrected chi connectivity index (χ2v) is 5.50. The molecule has 1 N–H and O–H groups in total. The highest BCUT2D eigenvalue weighted by Crippen LogP contribution is 2.22. The van der Waals surface area contributed by atoms with Crippen molar-refractivity contribution in [2.24, 2.45) is 0 Å². The van der Waals surface area contributed by atoms with Gasteiger partial charge in [0.15, 0.2) is 3.92 Å². The molecule has 2 rings (SSSR count). The number of rotatable bonds is 2. The van der Waals surface area contributed by atoms with Crippen molar-refractivity contribution in [2.75, 3.05) is 18.5 Å². The Morgan fingerprint density at radius 1 is 1.36 bits per heavy atom. The third-order valence-corrected chi connectivity index (χ3v) is 3.47. The van der Waals surface area contributed by atoms with Crippen LogP contribution in [-0.4, -0.2) is 29.5 Å². The molecule has 0 saturated carbocycles. The number of anilines is 1. The first-order chi connectivity index (χ1) is 6.84. The summed E-state index contributed by atoms with van der Waals surface area (Å²) in [5, 5.41) is 12.2. The first-order valence-electron chi connectivity index (χ1n) is 4.68. The minimum atomic E-state index is 0.484. The topological polar surface area (TPSA) is 47.0 Å². The average Bonchev–Trinajstić information content (AvgIpc) is 2.43. The highest BCUT2D eigenvalue weighted by atomic mass is 79.9. The van der Waals surface area contributed by atoms with Crippen molar-refractivity contribution in [1.29, 1.82) is 0 Å². The van der Waals surface area contributed by atoms with Gasteiger partial charge in [-0.1, -0.05) is 11.3 Å². The maximum absolute atomic E-state index is 5.39. The van der Waals surface area contributed by atoms with Gasteiger partial charge in [-0.25, -0.2) is 0 Å². The van der Waals surface area contributed by atoms with E-state index < -0.39 is 0 Å². The van der Waals surface area contributed by atoms with E-state index >= 15 is 0 Å². The molecular formula is C8H12BrN3OS. The molecule has 0 radical (unpaired) electrons. The van der Waals surface area contributed by atoms with Gasteiger partial charge in [-0.2, -0.15) is 0 Å². The predicted octanol–water partition coefficient (Wildman–Crippen LogP) is 2.28. The number of hydrogen-bond donors (Lipinski definition) is 1. The standard InChI is InChI=1S/C8H12BrN3OS/c9-7-11-12-8(14-7)10-6-2-1-4-13-5-3-6/h6H,1-5H2,(H,10,12). The van der Waals surface area contributed by atoms with Crippen molar-refractivity contribution in [2.45, 2.75) is 25.3 Å². The van der Waals surface area contributed by atoms with Crippen molar-refractivity contribution in [3.63, 3.8) is 0 Å². The normalized spacial score (nSPS) is 23.1. The Morgan fingerprint density at radius 3 is 3.07 bits per heavy atom. The third-order valence-electron chi connectivity index (χ3n) is 2.18. The maximum Gasteiger partial charge on any atom is 0.206 e. The summed E-state index contributed by atoms with van der Waals surface area (Å²) in [7, 11) is 0. The molecule has 0 spiro atoms. The average molecular weight is 278 g/mol. The minimum absolute atomic E-state index is 0.484. The van der Waals surface area contributed by atoms with Gasteiger partial charge in [-0.05, 0) is 35.2 Å². The summed E-state index contributed by atoms with van der Waals surface area (Å²) < 4.78 is 6.21. The van der Waals surface area contributed by atoms with Crippen LogP contribution in [0.2, 0.25) is 0 Å². The third kappa shape index (κ3) is 2.90. The first-order valence-corrected chi connectivity index (χ1v) is 6.29. The fourth-order valence-corrected chi connectivity index (χ4v) is 2.57. The number of nitrogens with zero attached hydrogens (tertiary/aromatic N) is 2. The number of aromatic nitrogens is 2. The summed E-state index contributed by atoms with van der Waals surface area (Å²) >= 11 is 4.82. The molecule has 1 aromatic heterocycles. The molecule has 1 aliphatic heterocycles. The van der Waals surface area contributed by atoms with Gasteiger partial charge in [0.05, 0.1) is 0 Å². The summed E-state index contributed by atoms with van der Waals surface area (Å²) in [5.74, 6) is 0. The molecule has 1 fully saturated rings. The molecule has 14 heavy (non-hydrogen) atoms. The summed E-state index contributed by atoms with van der Waals surface area (Å²) in [4.78, 5) is 0. The van der Waals surface area contributed by atoms with Gasteiger partial charge in [-0.3, -0.25) is 0 Å². The van der Waals surface area contributed by atoms with Crippen molar-refractivity contribution < 1.29 is 4.74 Å². The van der Waals surface area contributed by atoms with Gasteiger partial charge >= 0.3 is 0 Å². The second kappa shape index (κ2) is 5.04. The summed E-state index contributed by atoms with van der Waals surface area (Å²) in [6.45, 7) is 1.73. The molecule has 78 valence electrons. The van der Waals surface area contributed by atoms with E-state index in [-0.39, 0.29) is 0 Å². The van der Waals surface area contributed by atoms with E-state index in [1.807, 2.05) is 0 Å². The van der Waals surface area contributed by atoms with E-state index in [1.165, 1.54) is 11.3 Å². The van der Waals surface area contributed by atoms with Gasteiger partial charge in [0.2, 0.25) is 5.13 Å². The second-order valence-electron chi connectivity index (χ2n) is 3.24. The van der Waals surface area contributed by atoms with E-state index in [4.69, 9.17) is 4.74 Å². The fraction of sp³-hybridized carbons (Fsp3) is 0.750. The molecule has 4 nitrogen and oxygen atoms in total. The van der Waals surface area contributed by atoms with Gasteiger partial charge in [-0.15, -0.1) is 10.2 Å². The summed E-state index contributed by atoms with van der Waals surface area (Å²) in [5.41, 5.74) is 0.